The van der Waals surface area contributed by atoms with Crippen molar-refractivity contribution in [3.8, 4) is 0 Å². The molecular formula is C22H19N7OS3. The van der Waals surface area contributed by atoms with Gasteiger partial charge in [-0.3, -0.25) is 10.1 Å². The number of benzene rings is 3. The van der Waals surface area contributed by atoms with Crippen molar-refractivity contribution in [2.24, 2.45) is 0 Å². The maximum Gasteiger partial charge on any atom is 0.257 e. The second-order valence-electron chi connectivity index (χ2n) is 6.79. The Balaban J connectivity index is 0.000000196. The molecule has 5 rings (SSSR count). The van der Waals surface area contributed by atoms with Crippen LogP contribution in [0.3, 0.4) is 0 Å². The van der Waals surface area contributed by atoms with Crippen LogP contribution in [0.25, 0.3) is 20.4 Å². The molecule has 0 atom stereocenters. The SMILES string of the molecule is Nc1ccc2sc(N)nc2c1.Nc1nc2cc(NC(=S)NC(=O)c3ccccc3)ccc2s1. The molecule has 0 aliphatic rings. The molecule has 166 valence electrons. The Morgan fingerprint density at radius 3 is 2.09 bits per heavy atom. The van der Waals surface area contributed by atoms with Gasteiger partial charge in [0.25, 0.3) is 5.91 Å². The molecule has 2 aromatic heterocycles. The summed E-state index contributed by atoms with van der Waals surface area (Å²) in [6.45, 7) is 0. The zero-order chi connectivity index (χ0) is 23.4. The average Bonchev–Trinajstić information content (AvgIpc) is 3.34. The fourth-order valence-corrected chi connectivity index (χ4v) is 4.55. The third-order valence-electron chi connectivity index (χ3n) is 4.35. The molecule has 8 N–H and O–H groups in total. The van der Waals surface area contributed by atoms with E-state index >= 15 is 0 Å². The fraction of sp³-hybridized carbons (Fsp3) is 0. The summed E-state index contributed by atoms with van der Waals surface area (Å²) < 4.78 is 2.08. The number of nitrogens with zero attached hydrogens (tertiary/aromatic N) is 2. The Labute approximate surface area is 202 Å². The summed E-state index contributed by atoms with van der Waals surface area (Å²) in [5.74, 6) is -0.253. The highest BCUT2D eigenvalue weighted by molar-refractivity contribution is 7.80. The van der Waals surface area contributed by atoms with Crippen molar-refractivity contribution in [2.75, 3.05) is 22.5 Å². The molecular weight excluding hydrogens is 474 g/mol. The molecule has 0 spiro atoms. The maximum atomic E-state index is 12.0. The quantitative estimate of drug-likeness (QED) is 0.179. The maximum absolute atomic E-state index is 12.0. The van der Waals surface area contributed by atoms with Crippen molar-refractivity contribution >= 4 is 88.0 Å². The standard InChI is InChI=1S/C15H12N4OS2.C7H7N3S/c16-14-18-11-8-10(6-7-12(11)22-14)17-15(21)19-13(20)9-4-2-1-3-5-9;8-4-1-2-6-5(3-4)10-7(9)11-6/h1-8H,(H2,16,18)(H2,17,19,20,21);1-3H,8H2,(H2,9,10). The van der Waals surface area contributed by atoms with E-state index in [1.807, 2.05) is 42.5 Å². The molecule has 0 radical (unpaired) electrons. The molecule has 0 bridgehead atoms. The number of aromatic nitrogens is 2. The van der Waals surface area contributed by atoms with Gasteiger partial charge in [-0.1, -0.05) is 40.9 Å². The lowest BCUT2D eigenvalue weighted by molar-refractivity contribution is 0.0977. The monoisotopic (exact) mass is 493 g/mol. The number of rotatable bonds is 2. The third-order valence-corrected chi connectivity index (χ3v) is 6.29. The van der Waals surface area contributed by atoms with Crippen LogP contribution in [0.4, 0.5) is 21.6 Å². The van der Waals surface area contributed by atoms with Crippen molar-refractivity contribution in [1.82, 2.24) is 15.3 Å². The molecule has 11 heteroatoms. The van der Waals surface area contributed by atoms with Crippen LogP contribution in [0.1, 0.15) is 10.4 Å². The van der Waals surface area contributed by atoms with Crippen molar-refractivity contribution in [3.63, 3.8) is 0 Å². The number of hydrogen-bond acceptors (Lipinski definition) is 9. The highest BCUT2D eigenvalue weighted by Gasteiger charge is 2.08. The summed E-state index contributed by atoms with van der Waals surface area (Å²) in [7, 11) is 0. The van der Waals surface area contributed by atoms with E-state index in [4.69, 9.17) is 29.4 Å². The first-order valence-electron chi connectivity index (χ1n) is 9.62. The predicted octanol–water partition coefficient (Wildman–Crippen LogP) is 4.47. The van der Waals surface area contributed by atoms with Crippen LogP contribution in [0, 0.1) is 0 Å². The van der Waals surface area contributed by atoms with E-state index in [0.717, 1.165) is 31.8 Å². The number of nitrogens with one attached hydrogen (secondary N) is 2. The largest absolute Gasteiger partial charge is 0.399 e. The number of amides is 1. The van der Waals surface area contributed by atoms with Gasteiger partial charge < -0.3 is 22.5 Å². The van der Waals surface area contributed by atoms with Gasteiger partial charge >= 0.3 is 0 Å². The number of nitrogens with two attached hydrogens (primary N) is 3. The molecule has 0 saturated heterocycles. The van der Waals surface area contributed by atoms with E-state index in [2.05, 4.69) is 20.6 Å². The molecule has 5 aromatic rings. The van der Waals surface area contributed by atoms with E-state index in [1.54, 1.807) is 24.3 Å². The topological polar surface area (TPSA) is 145 Å². The highest BCUT2D eigenvalue weighted by atomic mass is 32.1. The molecule has 33 heavy (non-hydrogen) atoms. The van der Waals surface area contributed by atoms with Crippen LogP contribution >= 0.6 is 34.9 Å². The minimum Gasteiger partial charge on any atom is -0.399 e. The minimum atomic E-state index is -0.253. The van der Waals surface area contributed by atoms with Crippen molar-refractivity contribution in [1.29, 1.82) is 0 Å². The van der Waals surface area contributed by atoms with Gasteiger partial charge in [0, 0.05) is 16.9 Å². The molecule has 1 amide bonds. The first-order valence-corrected chi connectivity index (χ1v) is 11.7. The first-order chi connectivity index (χ1) is 15.9. The minimum absolute atomic E-state index is 0.233. The second-order valence-corrected chi connectivity index (χ2v) is 9.32. The van der Waals surface area contributed by atoms with Gasteiger partial charge in [0.15, 0.2) is 15.4 Å². The predicted molar refractivity (Wildman–Crippen MR) is 143 cm³/mol. The normalized spacial score (nSPS) is 10.4. The molecule has 0 aliphatic heterocycles. The molecule has 8 nitrogen and oxygen atoms in total. The van der Waals surface area contributed by atoms with E-state index in [-0.39, 0.29) is 11.0 Å². The number of fused-ring (bicyclic) bond motifs is 2. The number of hydrogen-bond donors (Lipinski definition) is 5. The van der Waals surface area contributed by atoms with E-state index in [9.17, 15) is 4.79 Å². The lowest BCUT2D eigenvalue weighted by Gasteiger charge is -2.09. The average molecular weight is 494 g/mol. The fourth-order valence-electron chi connectivity index (χ4n) is 2.91. The van der Waals surface area contributed by atoms with E-state index in [1.165, 1.54) is 22.7 Å². The Hall–Kier alpha value is -3.80. The molecule has 0 unspecified atom stereocenters. The lowest BCUT2D eigenvalue weighted by Crippen LogP contribution is -2.34. The van der Waals surface area contributed by atoms with Gasteiger partial charge in [0.2, 0.25) is 0 Å². The van der Waals surface area contributed by atoms with Gasteiger partial charge in [0.1, 0.15) is 0 Å². The third kappa shape index (κ3) is 5.71. The number of anilines is 4. The van der Waals surface area contributed by atoms with E-state index in [0.29, 0.717) is 15.8 Å². The summed E-state index contributed by atoms with van der Waals surface area (Å²) in [5.41, 5.74) is 20.4. The summed E-state index contributed by atoms with van der Waals surface area (Å²) in [5, 5.41) is 6.95. The number of carbonyl (C=O) groups excluding carboxylic acids is 1. The molecule has 0 saturated carbocycles. The van der Waals surface area contributed by atoms with Gasteiger partial charge in [-0.15, -0.1) is 0 Å². The summed E-state index contributed by atoms with van der Waals surface area (Å²) >= 11 is 8.05. The zero-order valence-electron chi connectivity index (χ0n) is 17.1. The van der Waals surface area contributed by atoms with Gasteiger partial charge in [0.05, 0.1) is 20.4 Å². The number of nitrogen functional groups attached to an aromatic ring is 3. The van der Waals surface area contributed by atoms with Crippen LogP contribution in [0.5, 0.6) is 0 Å². The molecule has 2 heterocycles. The Bertz CT molecular complexity index is 1450. The second kappa shape index (κ2) is 9.77. The zero-order valence-corrected chi connectivity index (χ0v) is 19.6. The van der Waals surface area contributed by atoms with Crippen LogP contribution in [-0.2, 0) is 0 Å². The lowest BCUT2D eigenvalue weighted by atomic mass is 10.2. The Morgan fingerprint density at radius 1 is 0.818 bits per heavy atom. The van der Waals surface area contributed by atoms with Crippen LogP contribution in [0.15, 0.2) is 66.7 Å². The number of carbonyl (C=O) groups is 1. The summed E-state index contributed by atoms with van der Waals surface area (Å²) in [4.78, 5) is 20.3. The van der Waals surface area contributed by atoms with Gasteiger partial charge in [-0.2, -0.15) is 0 Å². The number of thiazole rings is 2. The smallest absolute Gasteiger partial charge is 0.257 e. The Morgan fingerprint density at radius 2 is 1.42 bits per heavy atom. The van der Waals surface area contributed by atoms with Crippen molar-refractivity contribution in [3.05, 3.63) is 72.3 Å². The van der Waals surface area contributed by atoms with Crippen molar-refractivity contribution in [2.45, 2.75) is 0 Å². The van der Waals surface area contributed by atoms with Gasteiger partial charge in [-0.25, -0.2) is 9.97 Å². The highest BCUT2D eigenvalue weighted by Crippen LogP contribution is 2.26. The molecule has 3 aromatic carbocycles. The summed E-state index contributed by atoms with van der Waals surface area (Å²) in [6.07, 6.45) is 0. The molecule has 0 aliphatic carbocycles. The number of thiocarbonyl (C=S) groups is 1. The molecule has 0 fully saturated rings. The van der Waals surface area contributed by atoms with Crippen LogP contribution in [0.2, 0.25) is 0 Å². The van der Waals surface area contributed by atoms with Crippen LogP contribution < -0.4 is 27.8 Å². The summed E-state index contributed by atoms with van der Waals surface area (Å²) in [6, 6.07) is 20.1. The van der Waals surface area contributed by atoms with Crippen molar-refractivity contribution < 1.29 is 4.79 Å². The first kappa shape index (κ1) is 22.4. The van der Waals surface area contributed by atoms with Crippen LogP contribution in [-0.4, -0.2) is 21.0 Å². The van der Waals surface area contributed by atoms with Gasteiger partial charge in [-0.05, 0) is 60.7 Å². The Kier molecular flexibility index (Phi) is 6.63. The van der Waals surface area contributed by atoms with E-state index < -0.39 is 0 Å².